The van der Waals surface area contributed by atoms with Gasteiger partial charge in [-0.25, -0.2) is 4.79 Å². The van der Waals surface area contributed by atoms with Gasteiger partial charge in [0, 0.05) is 26.2 Å². The number of ether oxygens (including phenoxy) is 1. The fourth-order valence-electron chi connectivity index (χ4n) is 2.24. The van der Waals surface area contributed by atoms with Crippen molar-refractivity contribution in [3.63, 3.8) is 0 Å². The van der Waals surface area contributed by atoms with E-state index in [0.717, 1.165) is 38.8 Å². The van der Waals surface area contributed by atoms with Crippen LogP contribution >= 0.6 is 0 Å². The smallest absolute Gasteiger partial charge is 0.317 e. The van der Waals surface area contributed by atoms with Crippen molar-refractivity contribution in [3.8, 4) is 0 Å². The van der Waals surface area contributed by atoms with Gasteiger partial charge in [-0.2, -0.15) is 0 Å². The number of carbonyl (C=O) groups excluding carboxylic acids is 1. The van der Waals surface area contributed by atoms with Gasteiger partial charge in [0.2, 0.25) is 0 Å². The minimum absolute atomic E-state index is 0.120. The highest BCUT2D eigenvalue weighted by atomic mass is 16.5. The molecule has 1 aliphatic carbocycles. The molecule has 1 aliphatic heterocycles. The third-order valence-corrected chi connectivity index (χ3v) is 3.40. The van der Waals surface area contributed by atoms with Gasteiger partial charge in [-0.1, -0.05) is 0 Å². The third-order valence-electron chi connectivity index (χ3n) is 3.40. The van der Waals surface area contributed by atoms with Crippen LogP contribution in [-0.4, -0.2) is 43.3 Å². The van der Waals surface area contributed by atoms with Crippen LogP contribution in [-0.2, 0) is 4.74 Å². The molecule has 4 heteroatoms. The van der Waals surface area contributed by atoms with Gasteiger partial charge in [0.25, 0.3) is 0 Å². The van der Waals surface area contributed by atoms with Crippen LogP contribution < -0.4 is 5.32 Å². The molecule has 2 amide bonds. The molecule has 2 fully saturated rings. The largest absolute Gasteiger partial charge is 0.381 e. The van der Waals surface area contributed by atoms with Crippen molar-refractivity contribution in [2.45, 2.75) is 44.2 Å². The molecule has 0 aromatic rings. The molecular formula is C11H20N2O2. The van der Waals surface area contributed by atoms with Crippen molar-refractivity contribution in [1.82, 2.24) is 10.2 Å². The summed E-state index contributed by atoms with van der Waals surface area (Å²) in [6.07, 6.45) is 5.86. The molecule has 0 aromatic carbocycles. The summed E-state index contributed by atoms with van der Waals surface area (Å²) in [5.41, 5.74) is 0. The van der Waals surface area contributed by atoms with Gasteiger partial charge in [-0.15, -0.1) is 0 Å². The van der Waals surface area contributed by atoms with Crippen molar-refractivity contribution in [2.75, 3.05) is 20.2 Å². The molecule has 1 saturated carbocycles. The Bertz CT molecular complexity index is 221. The lowest BCUT2D eigenvalue weighted by Crippen LogP contribution is -2.52. The lowest BCUT2D eigenvalue weighted by atomic mass is 9.89. The van der Waals surface area contributed by atoms with E-state index in [1.165, 1.54) is 6.42 Å². The number of methoxy groups -OCH3 is 1. The van der Waals surface area contributed by atoms with Gasteiger partial charge < -0.3 is 15.0 Å². The molecule has 1 N–H and O–H groups in total. The SMILES string of the molecule is COC1CC(NC(=O)N2CCCCC2)C1. The van der Waals surface area contributed by atoms with Crippen molar-refractivity contribution in [3.05, 3.63) is 0 Å². The summed E-state index contributed by atoms with van der Waals surface area (Å²) in [7, 11) is 1.73. The van der Waals surface area contributed by atoms with E-state index in [0.29, 0.717) is 12.1 Å². The first-order valence-electron chi connectivity index (χ1n) is 5.88. The number of piperidine rings is 1. The highest BCUT2D eigenvalue weighted by Crippen LogP contribution is 2.22. The lowest BCUT2D eigenvalue weighted by molar-refractivity contribution is 0.0189. The zero-order valence-corrected chi connectivity index (χ0v) is 9.37. The maximum Gasteiger partial charge on any atom is 0.317 e. The number of amides is 2. The minimum atomic E-state index is 0.120. The predicted molar refractivity (Wildman–Crippen MR) is 57.8 cm³/mol. The molecule has 1 heterocycles. The summed E-state index contributed by atoms with van der Waals surface area (Å²) in [4.78, 5) is 13.7. The van der Waals surface area contributed by atoms with Gasteiger partial charge in [0.1, 0.15) is 0 Å². The first-order valence-corrected chi connectivity index (χ1v) is 5.88. The average molecular weight is 212 g/mol. The Morgan fingerprint density at radius 2 is 1.93 bits per heavy atom. The molecular weight excluding hydrogens is 192 g/mol. The summed E-state index contributed by atoms with van der Waals surface area (Å²) in [5, 5.41) is 3.06. The summed E-state index contributed by atoms with van der Waals surface area (Å²) in [6.45, 7) is 1.85. The second kappa shape index (κ2) is 4.84. The zero-order chi connectivity index (χ0) is 10.7. The van der Waals surface area contributed by atoms with E-state index in [4.69, 9.17) is 4.74 Å². The van der Waals surface area contributed by atoms with E-state index in [1.54, 1.807) is 7.11 Å². The van der Waals surface area contributed by atoms with Gasteiger partial charge in [0.05, 0.1) is 6.10 Å². The second-order valence-electron chi connectivity index (χ2n) is 4.52. The molecule has 0 radical (unpaired) electrons. The van der Waals surface area contributed by atoms with Crippen LogP contribution in [0.1, 0.15) is 32.1 Å². The van der Waals surface area contributed by atoms with E-state index in [9.17, 15) is 4.79 Å². The monoisotopic (exact) mass is 212 g/mol. The first kappa shape index (κ1) is 10.7. The number of urea groups is 1. The Morgan fingerprint density at radius 3 is 2.53 bits per heavy atom. The maximum atomic E-state index is 11.8. The molecule has 0 bridgehead atoms. The second-order valence-corrected chi connectivity index (χ2v) is 4.52. The third kappa shape index (κ3) is 2.62. The zero-order valence-electron chi connectivity index (χ0n) is 9.37. The molecule has 15 heavy (non-hydrogen) atoms. The molecule has 2 aliphatic rings. The molecule has 2 rings (SSSR count). The highest BCUT2D eigenvalue weighted by molar-refractivity contribution is 5.74. The average Bonchev–Trinajstić information content (AvgIpc) is 2.23. The number of nitrogens with one attached hydrogen (secondary N) is 1. The Hall–Kier alpha value is -0.770. The van der Waals surface area contributed by atoms with Crippen LogP contribution in [0.2, 0.25) is 0 Å². The number of hydrogen-bond acceptors (Lipinski definition) is 2. The number of nitrogens with zero attached hydrogens (tertiary/aromatic N) is 1. The summed E-state index contributed by atoms with van der Waals surface area (Å²) < 4.78 is 5.18. The molecule has 0 unspecified atom stereocenters. The molecule has 0 atom stereocenters. The summed E-state index contributed by atoms with van der Waals surface area (Å²) in [6, 6.07) is 0.457. The summed E-state index contributed by atoms with van der Waals surface area (Å²) >= 11 is 0. The number of hydrogen-bond donors (Lipinski definition) is 1. The van der Waals surface area contributed by atoms with Crippen LogP contribution in [0.4, 0.5) is 4.79 Å². The minimum Gasteiger partial charge on any atom is -0.381 e. The molecule has 4 nitrogen and oxygen atoms in total. The fourth-order valence-corrected chi connectivity index (χ4v) is 2.24. The molecule has 0 aromatic heterocycles. The fraction of sp³-hybridized carbons (Fsp3) is 0.909. The number of likely N-dealkylation sites (tertiary alicyclic amines) is 1. The lowest BCUT2D eigenvalue weighted by Gasteiger charge is -2.37. The molecule has 86 valence electrons. The molecule has 0 spiro atoms. The van der Waals surface area contributed by atoms with E-state index in [-0.39, 0.29) is 6.03 Å². The predicted octanol–water partition coefficient (Wildman–Crippen LogP) is 1.36. The van der Waals surface area contributed by atoms with Gasteiger partial charge in [-0.05, 0) is 32.1 Å². The quantitative estimate of drug-likeness (QED) is 0.751. The Labute approximate surface area is 91.0 Å². The molecule has 1 saturated heterocycles. The Balaban J connectivity index is 1.68. The van der Waals surface area contributed by atoms with Gasteiger partial charge in [0.15, 0.2) is 0 Å². The van der Waals surface area contributed by atoms with Crippen molar-refractivity contribution >= 4 is 6.03 Å². The standard InChI is InChI=1S/C11H20N2O2/c1-15-10-7-9(8-10)12-11(14)13-5-3-2-4-6-13/h9-10H,2-8H2,1H3,(H,12,14). The van der Waals surface area contributed by atoms with Gasteiger partial charge >= 0.3 is 6.03 Å². The maximum absolute atomic E-state index is 11.8. The van der Waals surface area contributed by atoms with Crippen LogP contribution in [0.5, 0.6) is 0 Å². The number of carbonyl (C=O) groups is 1. The van der Waals surface area contributed by atoms with Gasteiger partial charge in [-0.3, -0.25) is 0 Å². The Morgan fingerprint density at radius 1 is 1.27 bits per heavy atom. The normalized spacial score (nSPS) is 30.9. The van der Waals surface area contributed by atoms with Crippen LogP contribution in [0, 0.1) is 0 Å². The van der Waals surface area contributed by atoms with E-state index in [1.807, 2.05) is 4.90 Å². The topological polar surface area (TPSA) is 41.6 Å². The van der Waals surface area contributed by atoms with Crippen LogP contribution in [0.15, 0.2) is 0 Å². The number of rotatable bonds is 2. The van der Waals surface area contributed by atoms with Crippen molar-refractivity contribution in [2.24, 2.45) is 0 Å². The first-order chi connectivity index (χ1) is 7.29. The van der Waals surface area contributed by atoms with E-state index < -0.39 is 0 Å². The highest BCUT2D eigenvalue weighted by Gasteiger charge is 2.31. The van der Waals surface area contributed by atoms with Crippen LogP contribution in [0.25, 0.3) is 0 Å². The van der Waals surface area contributed by atoms with Crippen molar-refractivity contribution in [1.29, 1.82) is 0 Å². The van der Waals surface area contributed by atoms with Crippen LogP contribution in [0.3, 0.4) is 0 Å². The summed E-state index contributed by atoms with van der Waals surface area (Å²) in [5.74, 6) is 0. The van der Waals surface area contributed by atoms with Crippen molar-refractivity contribution < 1.29 is 9.53 Å². The van der Waals surface area contributed by atoms with E-state index >= 15 is 0 Å². The van der Waals surface area contributed by atoms with E-state index in [2.05, 4.69) is 5.32 Å². The Kier molecular flexibility index (Phi) is 3.46.